The van der Waals surface area contributed by atoms with E-state index < -0.39 is 0 Å². The van der Waals surface area contributed by atoms with Crippen LogP contribution in [0.5, 0.6) is 0 Å². The van der Waals surface area contributed by atoms with Gasteiger partial charge >= 0.3 is 0 Å². The van der Waals surface area contributed by atoms with E-state index in [4.69, 9.17) is 4.99 Å². The molecule has 0 saturated carbocycles. The summed E-state index contributed by atoms with van der Waals surface area (Å²) in [5.74, 6) is 0. The van der Waals surface area contributed by atoms with Crippen LogP contribution in [0.4, 0.5) is 28.4 Å². The molecule has 0 atom stereocenters. The Bertz CT molecular complexity index is 2290. The fraction of sp³-hybridized carbons (Fsp3) is 0.102. The second-order valence-corrected chi connectivity index (χ2v) is 13.1. The molecule has 0 unspecified atom stereocenters. The third-order valence-corrected chi connectivity index (χ3v) is 9.05. The van der Waals surface area contributed by atoms with Crippen molar-refractivity contribution in [2.75, 3.05) is 17.7 Å². The van der Waals surface area contributed by atoms with Gasteiger partial charge in [-0.05, 0) is 104 Å². The summed E-state index contributed by atoms with van der Waals surface area (Å²) in [7, 11) is 1.94. The molecule has 0 saturated heterocycles. The summed E-state index contributed by atoms with van der Waals surface area (Å²) in [5.41, 5.74) is 16.8. The van der Waals surface area contributed by atoms with E-state index in [2.05, 4.69) is 159 Å². The first-order valence-corrected chi connectivity index (χ1v) is 18.0. The molecule has 0 amide bonds. The van der Waals surface area contributed by atoms with Crippen molar-refractivity contribution in [1.29, 1.82) is 0 Å². The normalized spacial score (nSPS) is 11.0. The van der Waals surface area contributed by atoms with Crippen LogP contribution in [0.1, 0.15) is 33.4 Å². The molecule has 7 aromatic carbocycles. The molecule has 0 aliphatic rings. The first-order chi connectivity index (χ1) is 25.9. The number of aryl methyl sites for hydroxylation is 4. The van der Waals surface area contributed by atoms with Crippen LogP contribution in [-0.2, 0) is 0 Å². The largest absolute Gasteiger partial charge is 0.387 e. The highest BCUT2D eigenvalue weighted by molar-refractivity contribution is 6.00. The smallest absolute Gasteiger partial charge is 0.0688 e. The van der Waals surface area contributed by atoms with E-state index in [9.17, 15) is 0 Å². The number of hydrogen-bond donors (Lipinski definition) is 2. The molecule has 0 aliphatic carbocycles. The number of para-hydroxylation sites is 3. The van der Waals surface area contributed by atoms with E-state index in [-0.39, 0.29) is 0 Å². The maximum atomic E-state index is 4.98. The average molecular weight is 691 g/mol. The molecular formula is C49H46N4. The predicted molar refractivity (Wildman–Crippen MR) is 229 cm³/mol. The van der Waals surface area contributed by atoms with Crippen molar-refractivity contribution in [2.45, 2.75) is 27.7 Å². The molecule has 7 rings (SSSR count). The predicted octanol–water partition coefficient (Wildman–Crippen LogP) is 13.2. The van der Waals surface area contributed by atoms with E-state index in [1.165, 1.54) is 27.8 Å². The Labute approximate surface area is 314 Å². The molecular weight excluding hydrogens is 645 g/mol. The monoisotopic (exact) mass is 690 g/mol. The van der Waals surface area contributed by atoms with Crippen LogP contribution >= 0.6 is 0 Å². The van der Waals surface area contributed by atoms with Gasteiger partial charge in [-0.2, -0.15) is 0 Å². The van der Waals surface area contributed by atoms with Crippen molar-refractivity contribution < 1.29 is 0 Å². The van der Waals surface area contributed by atoms with Gasteiger partial charge in [0.25, 0.3) is 0 Å². The van der Waals surface area contributed by atoms with Crippen LogP contribution < -0.4 is 10.6 Å². The zero-order valence-corrected chi connectivity index (χ0v) is 31.1. The Kier molecular flexibility index (Phi) is 12.1. The Morgan fingerprint density at radius 1 is 0.453 bits per heavy atom. The first kappa shape index (κ1) is 36.3. The van der Waals surface area contributed by atoms with Crippen LogP contribution in [0.3, 0.4) is 0 Å². The molecule has 0 heterocycles. The lowest BCUT2D eigenvalue weighted by molar-refractivity contribution is 1.33. The van der Waals surface area contributed by atoms with Crippen molar-refractivity contribution >= 4 is 40.9 Å². The Balaban J connectivity index is 0.000000225. The van der Waals surface area contributed by atoms with Gasteiger partial charge in [-0.3, -0.25) is 9.98 Å². The van der Waals surface area contributed by atoms with E-state index in [0.717, 1.165) is 56.3 Å². The number of rotatable bonds is 9. The molecule has 262 valence electrons. The van der Waals surface area contributed by atoms with Gasteiger partial charge in [-0.25, -0.2) is 0 Å². The molecule has 2 N–H and O–H groups in total. The minimum absolute atomic E-state index is 0.971. The van der Waals surface area contributed by atoms with Gasteiger partial charge in [0.1, 0.15) is 0 Å². The summed E-state index contributed by atoms with van der Waals surface area (Å²) in [4.78, 5) is 9.48. The van der Waals surface area contributed by atoms with Crippen LogP contribution in [0.25, 0.3) is 22.3 Å². The average Bonchev–Trinajstić information content (AvgIpc) is 3.19. The third-order valence-electron chi connectivity index (χ3n) is 9.05. The van der Waals surface area contributed by atoms with Gasteiger partial charge < -0.3 is 10.6 Å². The Morgan fingerprint density at radius 3 is 1.62 bits per heavy atom. The highest BCUT2D eigenvalue weighted by atomic mass is 14.9. The minimum atomic E-state index is 0.971. The van der Waals surface area contributed by atoms with Crippen LogP contribution in [0.2, 0.25) is 0 Å². The van der Waals surface area contributed by atoms with Crippen molar-refractivity contribution in [3.63, 3.8) is 0 Å². The molecule has 0 radical (unpaired) electrons. The summed E-state index contributed by atoms with van der Waals surface area (Å²) < 4.78 is 0. The third kappa shape index (κ3) is 9.43. The van der Waals surface area contributed by atoms with Crippen molar-refractivity contribution in [1.82, 2.24) is 0 Å². The van der Waals surface area contributed by atoms with Gasteiger partial charge in [0.05, 0.1) is 17.1 Å². The second kappa shape index (κ2) is 17.6. The van der Waals surface area contributed by atoms with E-state index in [1.807, 2.05) is 68.0 Å². The van der Waals surface area contributed by atoms with Gasteiger partial charge in [0.15, 0.2) is 0 Å². The van der Waals surface area contributed by atoms with Crippen LogP contribution in [0, 0.1) is 27.7 Å². The lowest BCUT2D eigenvalue weighted by Gasteiger charge is -2.18. The lowest BCUT2D eigenvalue weighted by atomic mass is 9.94. The summed E-state index contributed by atoms with van der Waals surface area (Å²) in [6.07, 6.45) is 3.92. The number of benzene rings is 7. The molecule has 4 heteroatoms. The SMILES string of the molecule is CNc1c(C)cc(C)cc1C=Nc1ccccc1.Cc1cccc(C)c1N=Cc1cc(-c2ccccc2)cc(-c2ccccc2)c1Nc1ccccc1. The van der Waals surface area contributed by atoms with Crippen molar-refractivity contribution in [2.24, 2.45) is 9.98 Å². The van der Waals surface area contributed by atoms with Gasteiger partial charge in [0, 0.05) is 47.5 Å². The highest BCUT2D eigenvalue weighted by Gasteiger charge is 2.14. The Morgan fingerprint density at radius 2 is 1.00 bits per heavy atom. The standard InChI is InChI=1S/C33H28N2.C16H18N2/c1-24-13-12-14-25(2)32(24)34-23-29-21-28(26-15-6-3-7-16-26)22-31(27-17-8-4-9-18-27)33(29)35-30-19-10-5-11-20-30;1-12-9-13(2)16(17-3)14(10-12)11-18-15-7-5-4-6-8-15/h3-23,35H,1-2H3;4-11,17H,1-3H3. The van der Waals surface area contributed by atoms with Gasteiger partial charge in [0.2, 0.25) is 0 Å². The molecule has 0 aromatic heterocycles. The zero-order valence-electron chi connectivity index (χ0n) is 31.1. The molecule has 0 fully saturated rings. The summed E-state index contributed by atoms with van der Waals surface area (Å²) in [6, 6.07) is 56.5. The number of nitrogens with one attached hydrogen (secondary N) is 2. The van der Waals surface area contributed by atoms with E-state index in [0.29, 0.717) is 0 Å². The maximum Gasteiger partial charge on any atom is 0.0688 e. The molecule has 0 bridgehead atoms. The first-order valence-electron chi connectivity index (χ1n) is 18.0. The number of aliphatic imine (C=N–C) groups is 2. The Hall–Kier alpha value is -6.52. The molecule has 53 heavy (non-hydrogen) atoms. The van der Waals surface area contributed by atoms with Crippen LogP contribution in [0.15, 0.2) is 174 Å². The maximum absolute atomic E-state index is 4.98. The fourth-order valence-electron chi connectivity index (χ4n) is 6.46. The fourth-order valence-corrected chi connectivity index (χ4v) is 6.46. The molecule has 7 aromatic rings. The molecule has 4 nitrogen and oxygen atoms in total. The lowest BCUT2D eigenvalue weighted by Crippen LogP contribution is -2.00. The highest BCUT2D eigenvalue weighted by Crippen LogP contribution is 2.38. The summed E-state index contributed by atoms with van der Waals surface area (Å²) >= 11 is 0. The number of anilines is 3. The molecule has 0 aliphatic heterocycles. The quantitative estimate of drug-likeness (QED) is 0.148. The van der Waals surface area contributed by atoms with E-state index in [1.54, 1.807) is 0 Å². The van der Waals surface area contributed by atoms with Gasteiger partial charge in [-0.15, -0.1) is 0 Å². The number of nitrogens with zero attached hydrogens (tertiary/aromatic N) is 2. The van der Waals surface area contributed by atoms with Crippen molar-refractivity contribution in [3.05, 3.63) is 197 Å². The number of hydrogen-bond acceptors (Lipinski definition) is 4. The van der Waals surface area contributed by atoms with Crippen LogP contribution in [-0.4, -0.2) is 19.5 Å². The second-order valence-electron chi connectivity index (χ2n) is 13.1. The van der Waals surface area contributed by atoms with Crippen molar-refractivity contribution in [3.8, 4) is 22.3 Å². The van der Waals surface area contributed by atoms with Gasteiger partial charge in [-0.1, -0.05) is 127 Å². The zero-order chi connectivity index (χ0) is 37.0. The summed E-state index contributed by atoms with van der Waals surface area (Å²) in [5, 5.41) is 6.93. The minimum Gasteiger partial charge on any atom is -0.387 e. The summed E-state index contributed by atoms with van der Waals surface area (Å²) in [6.45, 7) is 8.43. The molecule has 0 spiro atoms. The van der Waals surface area contributed by atoms with E-state index >= 15 is 0 Å². The topological polar surface area (TPSA) is 48.8 Å².